The van der Waals surface area contributed by atoms with Crippen molar-refractivity contribution >= 4 is 5.96 Å². The van der Waals surface area contributed by atoms with Crippen LogP contribution in [-0.2, 0) is 17.8 Å². The molecule has 2 N–H and O–H groups in total. The van der Waals surface area contributed by atoms with E-state index in [4.69, 9.17) is 4.74 Å². The lowest BCUT2D eigenvalue weighted by molar-refractivity contribution is 0.0646. The van der Waals surface area contributed by atoms with Gasteiger partial charge in [-0.15, -0.1) is 0 Å². The van der Waals surface area contributed by atoms with Crippen LogP contribution in [0.15, 0.2) is 72.2 Å². The zero-order valence-corrected chi connectivity index (χ0v) is 17.7. The Hall–Kier alpha value is -3.19. The lowest BCUT2D eigenvalue weighted by Gasteiger charge is -2.15. The van der Waals surface area contributed by atoms with Gasteiger partial charge in [0.25, 0.3) is 0 Å². The predicted octanol–water partition coefficient (Wildman–Crippen LogP) is 3.16. The summed E-state index contributed by atoms with van der Waals surface area (Å²) in [6, 6.07) is 18.7. The van der Waals surface area contributed by atoms with Crippen LogP contribution in [0.4, 0.5) is 0 Å². The van der Waals surface area contributed by atoms with Crippen molar-refractivity contribution in [3.05, 3.63) is 83.9 Å². The average molecular weight is 407 g/mol. The minimum Gasteiger partial charge on any atom is -0.374 e. The molecular formula is C23H30N6O. The topological polar surface area (TPSA) is 76.4 Å². The van der Waals surface area contributed by atoms with Crippen LogP contribution in [0.1, 0.15) is 36.1 Å². The number of benzene rings is 2. The molecule has 1 atom stereocenters. The molecule has 1 unspecified atom stereocenters. The Morgan fingerprint density at radius 2 is 1.93 bits per heavy atom. The van der Waals surface area contributed by atoms with Crippen molar-refractivity contribution in [1.29, 1.82) is 0 Å². The number of aromatic nitrogens is 3. The largest absolute Gasteiger partial charge is 0.374 e. The van der Waals surface area contributed by atoms with E-state index >= 15 is 0 Å². The fraction of sp³-hybridized carbons (Fsp3) is 0.348. The Kier molecular flexibility index (Phi) is 8.41. The molecule has 0 fully saturated rings. The SMILES string of the molecule is CN=C(NCCCOC(C)c1ccccc1)NCc1cccc(Cn2cncn2)c1. The van der Waals surface area contributed by atoms with E-state index in [-0.39, 0.29) is 6.10 Å². The van der Waals surface area contributed by atoms with Crippen molar-refractivity contribution in [2.75, 3.05) is 20.2 Å². The van der Waals surface area contributed by atoms with E-state index in [2.05, 4.69) is 69.0 Å². The normalized spacial score (nSPS) is 12.5. The lowest BCUT2D eigenvalue weighted by atomic mass is 10.1. The van der Waals surface area contributed by atoms with Gasteiger partial charge >= 0.3 is 0 Å². The fourth-order valence-corrected chi connectivity index (χ4v) is 3.11. The molecule has 0 amide bonds. The molecule has 0 spiro atoms. The van der Waals surface area contributed by atoms with Crippen LogP contribution in [0.25, 0.3) is 0 Å². The number of hydrogen-bond acceptors (Lipinski definition) is 4. The van der Waals surface area contributed by atoms with Crippen LogP contribution < -0.4 is 10.6 Å². The monoisotopic (exact) mass is 406 g/mol. The molecule has 1 aromatic heterocycles. The van der Waals surface area contributed by atoms with Gasteiger partial charge in [-0.25, -0.2) is 9.67 Å². The fourth-order valence-electron chi connectivity index (χ4n) is 3.11. The van der Waals surface area contributed by atoms with E-state index in [1.807, 2.05) is 22.9 Å². The molecule has 0 aliphatic carbocycles. The Labute approximate surface area is 178 Å². The molecule has 2 aromatic carbocycles. The maximum Gasteiger partial charge on any atom is 0.191 e. The van der Waals surface area contributed by atoms with Crippen LogP contribution in [0.5, 0.6) is 0 Å². The molecule has 3 aromatic rings. The van der Waals surface area contributed by atoms with E-state index in [1.165, 1.54) is 16.7 Å². The number of nitrogens with one attached hydrogen (secondary N) is 2. The maximum absolute atomic E-state index is 5.92. The summed E-state index contributed by atoms with van der Waals surface area (Å²) in [6.45, 7) is 4.99. The van der Waals surface area contributed by atoms with Gasteiger partial charge in [0, 0.05) is 26.7 Å². The van der Waals surface area contributed by atoms with Crippen LogP contribution in [0.3, 0.4) is 0 Å². The standard InChI is InChI=1S/C23H30N6O/c1-19(22-10-4-3-5-11-22)30-13-7-12-26-23(24-2)27-15-20-8-6-9-21(14-20)16-29-18-25-17-28-29/h3-6,8-11,14,17-19H,7,12-13,15-16H2,1-2H3,(H2,24,26,27). The molecule has 1 heterocycles. The van der Waals surface area contributed by atoms with Crippen LogP contribution in [-0.4, -0.2) is 40.9 Å². The van der Waals surface area contributed by atoms with Crippen LogP contribution in [0.2, 0.25) is 0 Å². The molecule has 30 heavy (non-hydrogen) atoms. The van der Waals surface area contributed by atoms with Crippen molar-refractivity contribution < 1.29 is 4.74 Å². The highest BCUT2D eigenvalue weighted by Crippen LogP contribution is 2.15. The van der Waals surface area contributed by atoms with Gasteiger partial charge in [-0.3, -0.25) is 4.99 Å². The summed E-state index contributed by atoms with van der Waals surface area (Å²) in [5, 5.41) is 10.9. The summed E-state index contributed by atoms with van der Waals surface area (Å²) in [5.74, 6) is 0.785. The number of aliphatic imine (C=N–C) groups is 1. The molecule has 0 aliphatic heterocycles. The maximum atomic E-state index is 5.92. The summed E-state index contributed by atoms with van der Waals surface area (Å²) in [4.78, 5) is 8.28. The van der Waals surface area contributed by atoms with Crippen molar-refractivity contribution in [3.63, 3.8) is 0 Å². The molecule has 158 valence electrons. The van der Waals surface area contributed by atoms with Gasteiger partial charge in [-0.1, -0.05) is 54.6 Å². The van der Waals surface area contributed by atoms with Crippen molar-refractivity contribution in [1.82, 2.24) is 25.4 Å². The van der Waals surface area contributed by atoms with Gasteiger partial charge in [-0.2, -0.15) is 5.10 Å². The van der Waals surface area contributed by atoms with E-state index in [9.17, 15) is 0 Å². The quantitative estimate of drug-likeness (QED) is 0.307. The lowest BCUT2D eigenvalue weighted by Crippen LogP contribution is -2.37. The molecule has 0 aliphatic rings. The van der Waals surface area contributed by atoms with Gasteiger partial charge in [0.1, 0.15) is 12.7 Å². The summed E-state index contributed by atoms with van der Waals surface area (Å²) < 4.78 is 7.73. The third-order valence-electron chi connectivity index (χ3n) is 4.74. The minimum atomic E-state index is 0.105. The summed E-state index contributed by atoms with van der Waals surface area (Å²) >= 11 is 0. The predicted molar refractivity (Wildman–Crippen MR) is 119 cm³/mol. The van der Waals surface area contributed by atoms with Crippen LogP contribution in [0, 0.1) is 0 Å². The van der Waals surface area contributed by atoms with Gasteiger partial charge in [0.05, 0.1) is 12.6 Å². The second-order valence-corrected chi connectivity index (χ2v) is 7.04. The second kappa shape index (κ2) is 11.7. The van der Waals surface area contributed by atoms with Crippen molar-refractivity contribution in [3.8, 4) is 0 Å². The highest BCUT2D eigenvalue weighted by Gasteiger charge is 2.05. The number of nitrogens with zero attached hydrogens (tertiary/aromatic N) is 4. The molecule has 0 radical (unpaired) electrons. The number of rotatable bonds is 10. The van der Waals surface area contributed by atoms with E-state index in [0.717, 1.165) is 18.9 Å². The zero-order chi connectivity index (χ0) is 21.0. The third-order valence-corrected chi connectivity index (χ3v) is 4.74. The third kappa shape index (κ3) is 7.00. The van der Waals surface area contributed by atoms with Crippen molar-refractivity contribution in [2.24, 2.45) is 4.99 Å². The highest BCUT2D eigenvalue weighted by atomic mass is 16.5. The summed E-state index contributed by atoms with van der Waals surface area (Å²) in [5.41, 5.74) is 3.58. The molecule has 0 saturated heterocycles. The Balaban J connectivity index is 1.36. The Bertz CT molecular complexity index is 895. The summed E-state index contributed by atoms with van der Waals surface area (Å²) in [6.07, 6.45) is 4.29. The Morgan fingerprint density at radius 3 is 2.70 bits per heavy atom. The first-order valence-electron chi connectivity index (χ1n) is 10.3. The minimum absolute atomic E-state index is 0.105. The number of ether oxygens (including phenoxy) is 1. The number of guanidine groups is 1. The molecule has 0 bridgehead atoms. The van der Waals surface area contributed by atoms with E-state index in [0.29, 0.717) is 19.7 Å². The average Bonchev–Trinajstić information content (AvgIpc) is 3.29. The Morgan fingerprint density at radius 1 is 1.10 bits per heavy atom. The van der Waals surface area contributed by atoms with Gasteiger partial charge in [0.15, 0.2) is 5.96 Å². The number of hydrogen-bond donors (Lipinski definition) is 2. The van der Waals surface area contributed by atoms with E-state index < -0.39 is 0 Å². The van der Waals surface area contributed by atoms with Crippen molar-refractivity contribution in [2.45, 2.75) is 32.5 Å². The molecule has 7 nitrogen and oxygen atoms in total. The second-order valence-electron chi connectivity index (χ2n) is 7.04. The first-order chi connectivity index (χ1) is 14.7. The smallest absolute Gasteiger partial charge is 0.191 e. The highest BCUT2D eigenvalue weighted by molar-refractivity contribution is 5.79. The van der Waals surface area contributed by atoms with Crippen LogP contribution >= 0.6 is 0 Å². The molecule has 3 rings (SSSR count). The first kappa shape index (κ1) is 21.5. The van der Waals surface area contributed by atoms with Gasteiger partial charge in [-0.05, 0) is 30.0 Å². The molecule has 0 saturated carbocycles. The molecule has 7 heteroatoms. The molecular weight excluding hydrogens is 376 g/mol. The zero-order valence-electron chi connectivity index (χ0n) is 17.7. The van der Waals surface area contributed by atoms with E-state index in [1.54, 1.807) is 19.7 Å². The first-order valence-corrected chi connectivity index (χ1v) is 10.3. The van der Waals surface area contributed by atoms with Gasteiger partial charge in [0.2, 0.25) is 0 Å². The van der Waals surface area contributed by atoms with Gasteiger partial charge < -0.3 is 15.4 Å². The summed E-state index contributed by atoms with van der Waals surface area (Å²) in [7, 11) is 1.78.